The number of nitrogens with one attached hydrogen (secondary N) is 1. The van der Waals surface area contributed by atoms with E-state index in [1.165, 1.54) is 28.0 Å². The van der Waals surface area contributed by atoms with Gasteiger partial charge in [0.15, 0.2) is 11.6 Å². The molecule has 306 valence electrons. The second-order valence-corrected chi connectivity index (χ2v) is 19.6. The zero-order chi connectivity index (χ0) is 41.5. The number of hydrogen-bond acceptors (Lipinski definition) is 10. The molecule has 2 heterocycles. The van der Waals surface area contributed by atoms with Crippen LogP contribution in [0.3, 0.4) is 0 Å². The number of hydrogen-bond donors (Lipinski definition) is 1. The van der Waals surface area contributed by atoms with Crippen molar-refractivity contribution in [1.82, 2.24) is 14.5 Å². The number of nitrogens with zero attached hydrogens (tertiary/aromatic N) is 2. The molecule has 2 saturated carbocycles. The lowest BCUT2D eigenvalue weighted by atomic mass is 9.77. The normalized spacial score (nSPS) is 23.8. The highest BCUT2D eigenvalue weighted by Crippen LogP contribution is 2.57. The van der Waals surface area contributed by atoms with Crippen LogP contribution >= 0.6 is 0 Å². The summed E-state index contributed by atoms with van der Waals surface area (Å²) < 4.78 is 53.6. The van der Waals surface area contributed by atoms with E-state index in [1.54, 1.807) is 60.6 Å². The van der Waals surface area contributed by atoms with Crippen LogP contribution in [0.15, 0.2) is 42.5 Å². The summed E-state index contributed by atoms with van der Waals surface area (Å²) in [7, 11) is -3.93. The molecule has 0 bridgehead atoms. The summed E-state index contributed by atoms with van der Waals surface area (Å²) in [6, 6.07) is 3.33. The zero-order valence-corrected chi connectivity index (χ0v) is 34.1. The zero-order valence-electron chi connectivity index (χ0n) is 33.3. The van der Waals surface area contributed by atoms with Gasteiger partial charge in [0.05, 0.1) is 36.2 Å². The van der Waals surface area contributed by atoms with Gasteiger partial charge in [-0.15, -0.1) is 6.58 Å². The molecule has 1 aromatic rings. The Bertz CT molecular complexity index is 1940. The number of halogens is 1. The molecule has 56 heavy (non-hydrogen) atoms. The molecule has 3 fully saturated rings. The molecule has 1 saturated heterocycles. The molecule has 2 aliphatic heterocycles. The number of carbonyl (C=O) groups is 6. The standard InChI is InChI=1S/C41H54FN3O10S/c1-9-27-19-41(27,37(50)43-56(52,53)29-13-14-29)20-33(46)32-17-28(54-38(51)44-21-25-11-10-12-31(42)30(25)23-44)22-45(32)36(49)26(16-35(48)55-39(4,5)6)18-40(7,8)34(47)15-24(2)3/h9-12,15,26-29,32H,1,13-14,16-23H2,2-8H3,(H,43,50)/t26-,27+,28+,32-,41+/m0/s1. The Morgan fingerprint density at radius 2 is 1.75 bits per heavy atom. The van der Waals surface area contributed by atoms with Crippen LogP contribution < -0.4 is 4.72 Å². The monoisotopic (exact) mass is 799 g/mol. The molecule has 15 heteroatoms. The lowest BCUT2D eigenvalue weighted by Crippen LogP contribution is -2.47. The van der Waals surface area contributed by atoms with Crippen LogP contribution in [-0.2, 0) is 56.6 Å². The Morgan fingerprint density at radius 1 is 1.07 bits per heavy atom. The SMILES string of the molecule is C=C[C@@H]1C[C@]1(CC(=O)[C@@H]1C[C@@H](OC(=O)N2Cc3cccc(F)c3C2)CN1C(=O)[C@@H](CC(=O)OC(C)(C)C)CC(C)(C)C(=O)C=C(C)C)C(=O)NS(=O)(=O)C1CC1. The van der Waals surface area contributed by atoms with Gasteiger partial charge in [-0.25, -0.2) is 17.6 Å². The first-order valence-corrected chi connectivity index (χ1v) is 20.7. The molecule has 2 aliphatic carbocycles. The molecule has 1 N–H and O–H groups in total. The third kappa shape index (κ3) is 9.75. The molecule has 13 nitrogen and oxygen atoms in total. The minimum atomic E-state index is -3.93. The Kier molecular flexibility index (Phi) is 12.1. The number of esters is 1. The van der Waals surface area contributed by atoms with Crippen LogP contribution in [-0.4, -0.2) is 83.2 Å². The van der Waals surface area contributed by atoms with Crippen LogP contribution in [0, 0.1) is 28.5 Å². The van der Waals surface area contributed by atoms with Crippen LogP contribution in [0.5, 0.6) is 0 Å². The molecular formula is C41H54FN3O10S. The van der Waals surface area contributed by atoms with E-state index in [9.17, 15) is 41.6 Å². The van der Waals surface area contributed by atoms with Gasteiger partial charge in [-0.3, -0.25) is 33.6 Å². The maximum absolute atomic E-state index is 14.7. The highest BCUT2D eigenvalue weighted by atomic mass is 32.2. The Balaban J connectivity index is 1.43. The highest BCUT2D eigenvalue weighted by Gasteiger charge is 2.61. The Hall–Kier alpha value is -4.40. The number of ether oxygens (including phenoxy) is 2. The molecule has 0 radical (unpaired) electrons. The number of rotatable bonds is 15. The van der Waals surface area contributed by atoms with Crippen LogP contribution in [0.4, 0.5) is 9.18 Å². The predicted molar refractivity (Wildman–Crippen MR) is 203 cm³/mol. The van der Waals surface area contributed by atoms with Crippen LogP contribution in [0.1, 0.15) is 105 Å². The summed E-state index contributed by atoms with van der Waals surface area (Å²) in [6.07, 6.45) is 1.13. The largest absolute Gasteiger partial charge is 0.460 e. The van der Waals surface area contributed by atoms with Crippen molar-refractivity contribution in [2.45, 2.75) is 129 Å². The number of fused-ring (bicyclic) bond motifs is 1. The maximum Gasteiger partial charge on any atom is 0.410 e. The number of ketones is 2. The van der Waals surface area contributed by atoms with E-state index in [2.05, 4.69) is 11.3 Å². The first-order valence-electron chi connectivity index (χ1n) is 19.1. The van der Waals surface area contributed by atoms with Gasteiger partial charge in [-0.2, -0.15) is 0 Å². The number of allylic oxidation sites excluding steroid dienone is 3. The van der Waals surface area contributed by atoms with Gasteiger partial charge in [0.2, 0.25) is 21.8 Å². The summed E-state index contributed by atoms with van der Waals surface area (Å²) in [5, 5.41) is -0.673. The number of Topliss-reactive ketones (excluding diaryl/α,β-unsaturated/α-hetero) is 1. The molecule has 3 amide bonds. The Morgan fingerprint density at radius 3 is 2.32 bits per heavy atom. The molecule has 5 rings (SSSR count). The highest BCUT2D eigenvalue weighted by molar-refractivity contribution is 7.90. The smallest absolute Gasteiger partial charge is 0.410 e. The van der Waals surface area contributed by atoms with Crippen molar-refractivity contribution in [2.75, 3.05) is 6.54 Å². The Labute approximate surface area is 328 Å². The number of carbonyl (C=O) groups excluding carboxylic acids is 6. The summed E-state index contributed by atoms with van der Waals surface area (Å²) in [4.78, 5) is 85.3. The maximum atomic E-state index is 14.7. The summed E-state index contributed by atoms with van der Waals surface area (Å²) in [5.41, 5.74) is -1.67. The van der Waals surface area contributed by atoms with Crippen molar-refractivity contribution in [1.29, 1.82) is 0 Å². The van der Waals surface area contributed by atoms with Gasteiger partial charge in [0, 0.05) is 36.3 Å². The van der Waals surface area contributed by atoms with Crippen molar-refractivity contribution >= 4 is 45.5 Å². The van der Waals surface area contributed by atoms with Gasteiger partial charge >= 0.3 is 12.1 Å². The van der Waals surface area contributed by atoms with Gasteiger partial charge in [0.1, 0.15) is 17.5 Å². The lowest BCUT2D eigenvalue weighted by Gasteiger charge is -2.32. The molecule has 0 spiro atoms. The number of likely N-dealkylation sites (tertiary alicyclic amines) is 1. The minimum Gasteiger partial charge on any atom is -0.460 e. The fourth-order valence-electron chi connectivity index (χ4n) is 7.71. The van der Waals surface area contributed by atoms with E-state index < -0.39 is 104 Å². The van der Waals surface area contributed by atoms with E-state index in [0.717, 1.165) is 5.57 Å². The summed E-state index contributed by atoms with van der Waals surface area (Å²) >= 11 is 0. The molecule has 4 aliphatic rings. The van der Waals surface area contributed by atoms with Crippen molar-refractivity contribution in [3.8, 4) is 0 Å². The van der Waals surface area contributed by atoms with E-state index in [0.29, 0.717) is 24.0 Å². The summed E-state index contributed by atoms with van der Waals surface area (Å²) in [5.74, 6) is -5.07. The van der Waals surface area contributed by atoms with E-state index in [4.69, 9.17) is 9.47 Å². The van der Waals surface area contributed by atoms with Gasteiger partial charge in [-0.05, 0) is 83.9 Å². The average molecular weight is 800 g/mol. The van der Waals surface area contributed by atoms with Crippen molar-refractivity contribution in [3.63, 3.8) is 0 Å². The third-order valence-electron chi connectivity index (χ3n) is 11.0. The third-order valence-corrected chi connectivity index (χ3v) is 12.8. The van der Waals surface area contributed by atoms with E-state index >= 15 is 0 Å². The average Bonchev–Trinajstić information content (AvgIpc) is 3.97. The first-order chi connectivity index (χ1) is 26.0. The fraction of sp³-hybridized carbons (Fsp3) is 0.610. The van der Waals surface area contributed by atoms with Gasteiger partial charge < -0.3 is 14.4 Å². The predicted octanol–water partition coefficient (Wildman–Crippen LogP) is 5.31. The second kappa shape index (κ2) is 15.9. The molecule has 1 aromatic carbocycles. The number of benzene rings is 1. The van der Waals surface area contributed by atoms with Crippen LogP contribution in [0.2, 0.25) is 0 Å². The number of sulfonamides is 1. The quantitative estimate of drug-likeness (QED) is 0.139. The topological polar surface area (TPSA) is 174 Å². The van der Waals surface area contributed by atoms with Crippen LogP contribution in [0.25, 0.3) is 0 Å². The lowest BCUT2D eigenvalue weighted by molar-refractivity contribution is -0.159. The fourth-order valence-corrected chi connectivity index (χ4v) is 9.09. The van der Waals surface area contributed by atoms with Gasteiger partial charge in [0.25, 0.3) is 0 Å². The molecule has 0 unspecified atom stereocenters. The van der Waals surface area contributed by atoms with Gasteiger partial charge in [-0.1, -0.05) is 37.6 Å². The second-order valence-electron chi connectivity index (χ2n) is 17.7. The van der Waals surface area contributed by atoms with Crippen molar-refractivity contribution in [3.05, 3.63) is 59.4 Å². The molecular weight excluding hydrogens is 746 g/mol. The van der Waals surface area contributed by atoms with Crippen molar-refractivity contribution in [2.24, 2.45) is 22.7 Å². The van der Waals surface area contributed by atoms with E-state index in [-0.39, 0.29) is 44.7 Å². The van der Waals surface area contributed by atoms with E-state index in [1.807, 2.05) is 0 Å². The molecule has 5 atom stereocenters. The van der Waals surface area contributed by atoms with Crippen molar-refractivity contribution < 1.29 is 51.0 Å². The molecule has 0 aromatic heterocycles. The first kappa shape index (κ1) is 42.7. The summed E-state index contributed by atoms with van der Waals surface area (Å²) in [6.45, 7) is 15.5. The minimum absolute atomic E-state index is 0.0321. The number of amides is 3.